The lowest BCUT2D eigenvalue weighted by Gasteiger charge is -2.28. The first-order valence-corrected chi connectivity index (χ1v) is 9.70. The number of nitrogens with zero attached hydrogens (tertiary/aromatic N) is 3. The Bertz CT molecular complexity index is 1000. The van der Waals surface area contributed by atoms with E-state index in [2.05, 4.69) is 29.5 Å². The van der Waals surface area contributed by atoms with E-state index >= 15 is 0 Å². The highest BCUT2D eigenvalue weighted by atomic mass is 19.1. The summed E-state index contributed by atoms with van der Waals surface area (Å²) in [6, 6.07) is 3.79. The van der Waals surface area contributed by atoms with E-state index in [1.807, 2.05) is 12.2 Å². The standard InChI is InChI=1S/C22H23F2N5/c1-22(20(26)19-21(28-19)27-17-6-9-29(12-17)13-25)7-4-14(5-8-22)10-15-2-3-16(23)11-18(15)24/h2-5,7,11,17H,6,8-10,12,26H2,1H3,(H,27,28). The predicted molar refractivity (Wildman–Crippen MR) is 107 cm³/mol. The van der Waals surface area contributed by atoms with Gasteiger partial charge in [-0.1, -0.05) is 31.2 Å². The molecule has 2 aliphatic heterocycles. The van der Waals surface area contributed by atoms with Crippen LogP contribution >= 0.6 is 0 Å². The monoisotopic (exact) mass is 395 g/mol. The number of nitrogens with two attached hydrogens (primary N) is 1. The second kappa shape index (κ2) is 7.36. The molecule has 1 aromatic rings. The second-order valence-corrected chi connectivity index (χ2v) is 8.03. The van der Waals surface area contributed by atoms with Gasteiger partial charge in [-0.25, -0.2) is 8.78 Å². The van der Waals surface area contributed by atoms with E-state index in [-0.39, 0.29) is 11.5 Å². The van der Waals surface area contributed by atoms with Crippen LogP contribution in [-0.4, -0.2) is 29.9 Å². The number of hydrogen-bond acceptors (Lipinski definition) is 4. The highest BCUT2D eigenvalue weighted by Crippen LogP contribution is 2.38. The highest BCUT2D eigenvalue weighted by molar-refractivity contribution is 6.15. The maximum absolute atomic E-state index is 13.9. The summed E-state index contributed by atoms with van der Waals surface area (Å²) < 4.78 is 27.0. The van der Waals surface area contributed by atoms with Crippen LogP contribution in [0.3, 0.4) is 0 Å². The summed E-state index contributed by atoms with van der Waals surface area (Å²) in [4.78, 5) is 6.38. The molecule has 0 bridgehead atoms. The van der Waals surface area contributed by atoms with Crippen molar-refractivity contribution in [3.63, 3.8) is 0 Å². The first-order valence-electron chi connectivity index (χ1n) is 9.70. The number of nitrogens with one attached hydrogen (secondary N) is 1. The Morgan fingerprint density at radius 1 is 1.45 bits per heavy atom. The second-order valence-electron chi connectivity index (χ2n) is 8.03. The number of amidine groups is 1. The van der Waals surface area contributed by atoms with Crippen LogP contribution in [0.2, 0.25) is 0 Å². The minimum atomic E-state index is -0.571. The SMILES string of the molecule is CC1(C(N)=C2NC2=NC2CCN(C#N)C2)C=CC(Cc2ccc(F)cc2F)=CC1. The number of halogens is 2. The van der Waals surface area contributed by atoms with Crippen molar-refractivity contribution in [1.29, 1.82) is 5.26 Å². The molecule has 5 nitrogen and oxygen atoms in total. The van der Waals surface area contributed by atoms with Crippen molar-refractivity contribution < 1.29 is 8.78 Å². The van der Waals surface area contributed by atoms with Gasteiger partial charge in [0.15, 0.2) is 12.0 Å². The van der Waals surface area contributed by atoms with E-state index in [1.54, 1.807) is 4.90 Å². The number of allylic oxidation sites excluding steroid dienone is 4. The number of likely N-dealkylation sites (tertiary alicyclic amines) is 1. The third-order valence-electron chi connectivity index (χ3n) is 5.78. The number of aliphatic imine (C=N–C) groups is 1. The van der Waals surface area contributed by atoms with Gasteiger partial charge in [-0.3, -0.25) is 4.99 Å². The van der Waals surface area contributed by atoms with Gasteiger partial charge in [0.1, 0.15) is 17.3 Å². The number of benzene rings is 1. The summed E-state index contributed by atoms with van der Waals surface area (Å²) in [5.41, 5.74) is 9.13. The molecule has 3 aliphatic rings. The molecule has 1 aromatic carbocycles. The van der Waals surface area contributed by atoms with Crippen LogP contribution in [0.25, 0.3) is 0 Å². The maximum Gasteiger partial charge on any atom is 0.179 e. The Balaban J connectivity index is 1.42. The van der Waals surface area contributed by atoms with Crippen molar-refractivity contribution in [2.45, 2.75) is 32.2 Å². The Hall–Kier alpha value is -3.14. The fourth-order valence-electron chi connectivity index (χ4n) is 3.77. The number of rotatable bonds is 4. The lowest BCUT2D eigenvalue weighted by Crippen LogP contribution is -2.24. The van der Waals surface area contributed by atoms with Gasteiger partial charge in [-0.05, 0) is 36.5 Å². The first kappa shape index (κ1) is 19.2. The molecule has 29 heavy (non-hydrogen) atoms. The quantitative estimate of drug-likeness (QED) is 0.606. The Morgan fingerprint density at radius 2 is 2.28 bits per heavy atom. The molecule has 0 aromatic heterocycles. The van der Waals surface area contributed by atoms with Crippen molar-refractivity contribution in [1.82, 2.24) is 10.2 Å². The highest BCUT2D eigenvalue weighted by Gasteiger charge is 2.36. The molecular weight excluding hydrogens is 372 g/mol. The van der Waals surface area contributed by atoms with Crippen LogP contribution < -0.4 is 11.1 Å². The maximum atomic E-state index is 13.9. The van der Waals surface area contributed by atoms with E-state index in [0.29, 0.717) is 24.9 Å². The van der Waals surface area contributed by atoms with Crippen molar-refractivity contribution in [3.05, 3.63) is 70.6 Å². The van der Waals surface area contributed by atoms with Crippen LogP contribution in [0, 0.1) is 28.5 Å². The zero-order valence-corrected chi connectivity index (χ0v) is 16.3. The van der Waals surface area contributed by atoms with Crippen molar-refractivity contribution in [2.24, 2.45) is 16.1 Å². The Morgan fingerprint density at radius 3 is 2.93 bits per heavy atom. The number of nitriles is 1. The molecule has 0 radical (unpaired) electrons. The van der Waals surface area contributed by atoms with Gasteiger partial charge in [-0.15, -0.1) is 0 Å². The molecule has 150 valence electrons. The van der Waals surface area contributed by atoms with Gasteiger partial charge < -0.3 is 16.0 Å². The van der Waals surface area contributed by atoms with Crippen molar-refractivity contribution >= 4 is 5.84 Å². The molecule has 0 spiro atoms. The van der Waals surface area contributed by atoms with Gasteiger partial charge in [0.05, 0.1) is 12.6 Å². The smallest absolute Gasteiger partial charge is 0.179 e. The normalized spacial score (nSPS) is 28.8. The Kier molecular flexibility index (Phi) is 4.87. The summed E-state index contributed by atoms with van der Waals surface area (Å²) in [6.45, 7) is 3.45. The third kappa shape index (κ3) is 4.02. The largest absolute Gasteiger partial charge is 0.400 e. The van der Waals surface area contributed by atoms with Gasteiger partial charge in [0.25, 0.3) is 0 Å². The molecule has 2 fully saturated rings. The molecule has 7 heteroatoms. The van der Waals surface area contributed by atoms with E-state index in [4.69, 9.17) is 11.0 Å². The van der Waals surface area contributed by atoms with E-state index < -0.39 is 11.6 Å². The Labute approximate surface area is 168 Å². The molecular formula is C22H23F2N5. The molecule has 2 atom stereocenters. The van der Waals surface area contributed by atoms with Crippen LogP contribution in [0.1, 0.15) is 25.3 Å². The zero-order valence-electron chi connectivity index (χ0n) is 16.3. The van der Waals surface area contributed by atoms with E-state index in [0.717, 1.165) is 41.8 Å². The molecule has 0 saturated carbocycles. The van der Waals surface area contributed by atoms with Crippen LogP contribution in [0.15, 0.2) is 58.4 Å². The lowest BCUT2D eigenvalue weighted by molar-refractivity contribution is 0.479. The van der Waals surface area contributed by atoms with Gasteiger partial charge in [-0.2, -0.15) is 5.26 Å². The molecule has 2 heterocycles. The van der Waals surface area contributed by atoms with Gasteiger partial charge in [0, 0.05) is 23.7 Å². The molecule has 0 amide bonds. The fraction of sp³-hybridized carbons (Fsp3) is 0.364. The van der Waals surface area contributed by atoms with Gasteiger partial charge >= 0.3 is 0 Å². The van der Waals surface area contributed by atoms with Gasteiger partial charge in [0.2, 0.25) is 0 Å². The van der Waals surface area contributed by atoms with E-state index in [1.165, 1.54) is 12.1 Å². The molecule has 2 saturated heterocycles. The average molecular weight is 395 g/mol. The van der Waals surface area contributed by atoms with Crippen LogP contribution in [-0.2, 0) is 6.42 Å². The summed E-state index contributed by atoms with van der Waals surface area (Å²) in [5.74, 6) is -0.289. The summed E-state index contributed by atoms with van der Waals surface area (Å²) in [5, 5.41) is 12.1. The first-order chi connectivity index (χ1) is 13.9. The molecule has 3 N–H and O–H groups in total. The summed E-state index contributed by atoms with van der Waals surface area (Å²) >= 11 is 0. The van der Waals surface area contributed by atoms with Crippen LogP contribution in [0.5, 0.6) is 0 Å². The minimum absolute atomic E-state index is 0.120. The summed E-state index contributed by atoms with van der Waals surface area (Å²) in [7, 11) is 0. The minimum Gasteiger partial charge on any atom is -0.400 e. The zero-order chi connectivity index (χ0) is 20.6. The molecule has 2 unspecified atom stereocenters. The molecule has 4 rings (SSSR count). The lowest BCUT2D eigenvalue weighted by atomic mass is 9.78. The van der Waals surface area contributed by atoms with Crippen molar-refractivity contribution in [3.8, 4) is 6.19 Å². The topological polar surface area (TPSA) is 87.3 Å². The predicted octanol–water partition coefficient (Wildman–Crippen LogP) is 3.13. The average Bonchev–Trinajstić information content (AvgIpc) is 3.31. The van der Waals surface area contributed by atoms with Crippen molar-refractivity contribution in [2.75, 3.05) is 13.1 Å². The fourth-order valence-corrected chi connectivity index (χ4v) is 3.77. The van der Waals surface area contributed by atoms with Crippen LogP contribution in [0.4, 0.5) is 8.78 Å². The van der Waals surface area contributed by atoms with E-state index in [9.17, 15) is 8.78 Å². The third-order valence-corrected chi connectivity index (χ3v) is 5.78. The summed E-state index contributed by atoms with van der Waals surface area (Å²) in [6.07, 6.45) is 10.2. The molecule has 1 aliphatic carbocycles. The number of hydrogen-bond donors (Lipinski definition) is 2.